The first-order valence-corrected chi connectivity index (χ1v) is 4.67. The summed E-state index contributed by atoms with van der Waals surface area (Å²) in [6.07, 6.45) is 1.07. The third-order valence-electron chi connectivity index (χ3n) is 1.89. The highest BCUT2D eigenvalue weighted by Crippen LogP contribution is 1.96. The zero-order valence-corrected chi connectivity index (χ0v) is 8.80. The molecule has 6 heteroatoms. The Kier molecular flexibility index (Phi) is 4.68. The predicted molar refractivity (Wildman–Crippen MR) is 55.2 cm³/mol. The van der Waals surface area contributed by atoms with E-state index in [2.05, 4.69) is 9.73 Å². The summed E-state index contributed by atoms with van der Waals surface area (Å²) < 4.78 is 9.35. The molecular formula is C10H13NO5. The van der Waals surface area contributed by atoms with Crippen molar-refractivity contribution in [2.24, 2.45) is 0 Å². The SMILES string of the molecule is COCC(CO)NC(=O)c1ccc(=O)oc1. The van der Waals surface area contributed by atoms with E-state index in [0.29, 0.717) is 0 Å². The van der Waals surface area contributed by atoms with Crippen LogP contribution < -0.4 is 10.9 Å². The Hall–Kier alpha value is -1.66. The number of carbonyl (C=O) groups is 1. The number of methoxy groups -OCH3 is 1. The minimum atomic E-state index is -0.521. The van der Waals surface area contributed by atoms with Crippen molar-refractivity contribution in [1.82, 2.24) is 5.32 Å². The first kappa shape index (κ1) is 12.4. The number of hydrogen-bond acceptors (Lipinski definition) is 5. The van der Waals surface area contributed by atoms with Crippen molar-refractivity contribution in [2.75, 3.05) is 20.3 Å². The van der Waals surface area contributed by atoms with Crippen LogP contribution in [-0.2, 0) is 4.74 Å². The minimum absolute atomic E-state index is 0.207. The number of rotatable bonds is 5. The maximum Gasteiger partial charge on any atom is 0.335 e. The van der Waals surface area contributed by atoms with Gasteiger partial charge in [-0.3, -0.25) is 4.79 Å². The minimum Gasteiger partial charge on any atom is -0.430 e. The second-order valence-electron chi connectivity index (χ2n) is 3.15. The fourth-order valence-corrected chi connectivity index (χ4v) is 1.10. The van der Waals surface area contributed by atoms with Gasteiger partial charge >= 0.3 is 5.63 Å². The van der Waals surface area contributed by atoms with Crippen molar-refractivity contribution in [3.63, 3.8) is 0 Å². The summed E-state index contributed by atoms with van der Waals surface area (Å²) in [5.41, 5.74) is -0.304. The van der Waals surface area contributed by atoms with Gasteiger partial charge in [0.15, 0.2) is 0 Å². The van der Waals surface area contributed by atoms with Crippen molar-refractivity contribution >= 4 is 5.91 Å². The number of carbonyl (C=O) groups excluding carboxylic acids is 1. The summed E-state index contributed by atoms with van der Waals surface area (Å²) in [6.45, 7) is -0.0185. The van der Waals surface area contributed by atoms with Crippen molar-refractivity contribution in [2.45, 2.75) is 6.04 Å². The van der Waals surface area contributed by atoms with Crippen LogP contribution in [0.5, 0.6) is 0 Å². The van der Waals surface area contributed by atoms with Gasteiger partial charge in [-0.2, -0.15) is 0 Å². The van der Waals surface area contributed by atoms with Crippen LogP contribution in [0, 0.1) is 0 Å². The molecule has 0 aliphatic carbocycles. The highest BCUT2D eigenvalue weighted by Gasteiger charge is 2.13. The van der Waals surface area contributed by atoms with Crippen molar-refractivity contribution in [1.29, 1.82) is 0 Å². The molecule has 0 aliphatic rings. The molecule has 1 atom stereocenters. The Morgan fingerprint density at radius 1 is 1.62 bits per heavy atom. The third-order valence-corrected chi connectivity index (χ3v) is 1.89. The molecule has 0 aromatic carbocycles. The molecule has 0 aliphatic heterocycles. The van der Waals surface area contributed by atoms with E-state index in [0.717, 1.165) is 12.3 Å². The van der Waals surface area contributed by atoms with Gasteiger partial charge in [0.2, 0.25) is 0 Å². The molecule has 2 N–H and O–H groups in total. The zero-order valence-electron chi connectivity index (χ0n) is 8.80. The van der Waals surface area contributed by atoms with E-state index in [9.17, 15) is 9.59 Å². The van der Waals surface area contributed by atoms with Crippen LogP contribution in [0.15, 0.2) is 27.6 Å². The Balaban J connectivity index is 2.64. The first-order chi connectivity index (χ1) is 7.67. The molecule has 16 heavy (non-hydrogen) atoms. The maximum absolute atomic E-state index is 11.6. The number of hydrogen-bond donors (Lipinski definition) is 2. The van der Waals surface area contributed by atoms with Gasteiger partial charge in [-0.25, -0.2) is 4.79 Å². The normalized spacial score (nSPS) is 12.1. The van der Waals surface area contributed by atoms with E-state index in [1.807, 2.05) is 0 Å². The lowest BCUT2D eigenvalue weighted by Crippen LogP contribution is -2.40. The van der Waals surface area contributed by atoms with Crippen LogP contribution in [0.4, 0.5) is 0 Å². The van der Waals surface area contributed by atoms with Crippen LogP contribution in [-0.4, -0.2) is 37.4 Å². The van der Waals surface area contributed by atoms with Crippen LogP contribution >= 0.6 is 0 Å². The molecule has 88 valence electrons. The van der Waals surface area contributed by atoms with Gasteiger partial charge in [0.25, 0.3) is 5.91 Å². The van der Waals surface area contributed by atoms with Gasteiger partial charge in [0, 0.05) is 13.2 Å². The lowest BCUT2D eigenvalue weighted by atomic mass is 10.2. The number of aliphatic hydroxyl groups excluding tert-OH is 1. The topological polar surface area (TPSA) is 88.8 Å². The maximum atomic E-state index is 11.6. The molecule has 0 saturated carbocycles. The second-order valence-corrected chi connectivity index (χ2v) is 3.15. The molecule has 0 spiro atoms. The molecule has 6 nitrogen and oxygen atoms in total. The van der Waals surface area contributed by atoms with Gasteiger partial charge in [-0.15, -0.1) is 0 Å². The highest BCUT2D eigenvalue weighted by molar-refractivity contribution is 5.93. The Morgan fingerprint density at radius 3 is 2.88 bits per heavy atom. The van der Waals surface area contributed by atoms with E-state index < -0.39 is 17.6 Å². The average molecular weight is 227 g/mol. The van der Waals surface area contributed by atoms with Crippen molar-refractivity contribution in [3.8, 4) is 0 Å². The zero-order chi connectivity index (χ0) is 12.0. The molecule has 0 saturated heterocycles. The monoisotopic (exact) mass is 227 g/mol. The molecule has 0 radical (unpaired) electrons. The van der Waals surface area contributed by atoms with Crippen molar-refractivity contribution in [3.05, 3.63) is 34.4 Å². The van der Waals surface area contributed by atoms with E-state index in [4.69, 9.17) is 9.84 Å². The van der Waals surface area contributed by atoms with Crippen molar-refractivity contribution < 1.29 is 19.1 Å². The number of ether oxygens (including phenoxy) is 1. The van der Waals surface area contributed by atoms with Crippen LogP contribution in [0.1, 0.15) is 10.4 Å². The molecule has 1 heterocycles. The summed E-state index contributed by atoms with van der Waals surface area (Å²) in [7, 11) is 1.47. The van der Waals surface area contributed by atoms with Gasteiger partial charge in [-0.05, 0) is 6.07 Å². The fraction of sp³-hybridized carbons (Fsp3) is 0.400. The Morgan fingerprint density at radius 2 is 2.38 bits per heavy atom. The standard InChI is InChI=1S/C10H13NO5/c1-15-6-8(4-12)11-10(14)7-2-3-9(13)16-5-7/h2-3,5,8,12H,4,6H2,1H3,(H,11,14). The van der Waals surface area contributed by atoms with Crippen LogP contribution in [0.3, 0.4) is 0 Å². The molecular weight excluding hydrogens is 214 g/mol. The molecule has 1 unspecified atom stereocenters. The highest BCUT2D eigenvalue weighted by atomic mass is 16.5. The first-order valence-electron chi connectivity index (χ1n) is 4.67. The summed E-state index contributed by atoms with van der Waals surface area (Å²) in [4.78, 5) is 22.2. The lowest BCUT2D eigenvalue weighted by Gasteiger charge is -2.14. The smallest absolute Gasteiger partial charge is 0.335 e. The number of nitrogens with one attached hydrogen (secondary N) is 1. The summed E-state index contributed by atoms with van der Waals surface area (Å²) in [5, 5.41) is 11.5. The molecule has 0 fully saturated rings. The summed E-state index contributed by atoms with van der Waals surface area (Å²) in [6, 6.07) is 2.02. The summed E-state index contributed by atoms with van der Waals surface area (Å²) in [5.74, 6) is -0.431. The molecule has 1 rings (SSSR count). The van der Waals surface area contributed by atoms with Gasteiger partial charge in [-0.1, -0.05) is 0 Å². The predicted octanol–water partition coefficient (Wildman–Crippen LogP) is -0.623. The van der Waals surface area contributed by atoms with E-state index in [1.165, 1.54) is 13.2 Å². The molecule has 1 aromatic rings. The average Bonchev–Trinajstić information content (AvgIpc) is 2.29. The lowest BCUT2D eigenvalue weighted by molar-refractivity contribution is 0.0837. The van der Waals surface area contributed by atoms with E-state index in [1.54, 1.807) is 0 Å². The third kappa shape index (κ3) is 3.48. The largest absolute Gasteiger partial charge is 0.430 e. The molecule has 1 aromatic heterocycles. The van der Waals surface area contributed by atoms with E-state index in [-0.39, 0.29) is 18.8 Å². The quantitative estimate of drug-likeness (QED) is 0.699. The van der Waals surface area contributed by atoms with Crippen LogP contribution in [0.25, 0.3) is 0 Å². The van der Waals surface area contributed by atoms with Gasteiger partial charge < -0.3 is 19.6 Å². The fourth-order valence-electron chi connectivity index (χ4n) is 1.10. The second kappa shape index (κ2) is 6.04. The number of amides is 1. The van der Waals surface area contributed by atoms with Gasteiger partial charge in [0.1, 0.15) is 6.26 Å². The Bertz CT molecular complexity index is 380. The molecule has 1 amide bonds. The summed E-state index contributed by atoms with van der Waals surface area (Å²) >= 11 is 0. The Labute approximate surface area is 91.8 Å². The van der Waals surface area contributed by atoms with Gasteiger partial charge in [0.05, 0.1) is 24.8 Å². The molecule has 0 bridgehead atoms. The number of aliphatic hydroxyl groups is 1. The van der Waals surface area contributed by atoms with Crippen LogP contribution in [0.2, 0.25) is 0 Å². The van der Waals surface area contributed by atoms with E-state index >= 15 is 0 Å².